The number of hydrogen-bond acceptors (Lipinski definition) is 3. The number of thioether (sulfide) groups is 1. The van der Waals surface area contributed by atoms with Gasteiger partial charge in [0, 0.05) is 16.9 Å². The quantitative estimate of drug-likeness (QED) is 0.648. The standard InChI is InChI=1S/C23H26O3S/c1-3-26-16-23(2)13-4-14-27-21-15-18(9-12-20(21)23)6-5-17-7-10-19(11-8-17)22(24)25/h5-12,15H,3-4,13-14,16H2,1-2H3,(H,24,25)/b6-5+. The Bertz CT molecular complexity index is 826. The summed E-state index contributed by atoms with van der Waals surface area (Å²) < 4.78 is 5.79. The van der Waals surface area contributed by atoms with Crippen LogP contribution in [0.3, 0.4) is 0 Å². The average molecular weight is 383 g/mol. The number of carboxylic acids is 1. The predicted octanol–water partition coefficient (Wildman–Crippen LogP) is 5.74. The second-order valence-corrected chi connectivity index (χ2v) is 8.30. The van der Waals surface area contributed by atoms with Crippen LogP contribution in [0.5, 0.6) is 0 Å². The molecule has 4 heteroatoms. The molecule has 2 aromatic carbocycles. The topological polar surface area (TPSA) is 46.5 Å². The zero-order chi connectivity index (χ0) is 19.3. The minimum Gasteiger partial charge on any atom is -0.478 e. The van der Waals surface area contributed by atoms with E-state index in [9.17, 15) is 4.79 Å². The van der Waals surface area contributed by atoms with Crippen molar-refractivity contribution in [1.29, 1.82) is 0 Å². The lowest BCUT2D eigenvalue weighted by Gasteiger charge is -2.30. The monoisotopic (exact) mass is 382 g/mol. The van der Waals surface area contributed by atoms with E-state index >= 15 is 0 Å². The van der Waals surface area contributed by atoms with Crippen LogP contribution >= 0.6 is 11.8 Å². The van der Waals surface area contributed by atoms with Gasteiger partial charge in [-0.05, 0) is 60.4 Å². The first kappa shape index (κ1) is 19.7. The highest BCUT2D eigenvalue weighted by molar-refractivity contribution is 7.99. The summed E-state index contributed by atoms with van der Waals surface area (Å²) in [6.07, 6.45) is 6.46. The molecule has 0 saturated heterocycles. The van der Waals surface area contributed by atoms with Crippen molar-refractivity contribution in [1.82, 2.24) is 0 Å². The highest BCUT2D eigenvalue weighted by atomic mass is 32.2. The van der Waals surface area contributed by atoms with Crippen molar-refractivity contribution in [2.75, 3.05) is 19.0 Å². The first-order valence-corrected chi connectivity index (χ1v) is 10.4. The summed E-state index contributed by atoms with van der Waals surface area (Å²) in [7, 11) is 0. The third-order valence-electron chi connectivity index (χ3n) is 5.04. The lowest BCUT2D eigenvalue weighted by Crippen LogP contribution is -2.28. The van der Waals surface area contributed by atoms with Crippen LogP contribution in [0.15, 0.2) is 47.4 Å². The Hall–Kier alpha value is -2.04. The molecule has 0 aliphatic carbocycles. The molecule has 0 radical (unpaired) electrons. The van der Waals surface area contributed by atoms with Crippen LogP contribution in [0.4, 0.5) is 0 Å². The molecule has 1 heterocycles. The van der Waals surface area contributed by atoms with Gasteiger partial charge >= 0.3 is 5.97 Å². The summed E-state index contributed by atoms with van der Waals surface area (Å²) in [4.78, 5) is 12.3. The molecule has 0 fully saturated rings. The molecule has 1 unspecified atom stereocenters. The van der Waals surface area contributed by atoms with E-state index in [1.165, 1.54) is 16.9 Å². The maximum absolute atomic E-state index is 10.9. The fourth-order valence-electron chi connectivity index (χ4n) is 3.45. The van der Waals surface area contributed by atoms with E-state index in [-0.39, 0.29) is 5.41 Å². The van der Waals surface area contributed by atoms with Crippen molar-refractivity contribution in [3.05, 3.63) is 64.7 Å². The molecular formula is C23H26O3S. The number of rotatable bonds is 6. The number of hydrogen-bond donors (Lipinski definition) is 1. The van der Waals surface area contributed by atoms with E-state index in [0.717, 1.165) is 36.5 Å². The van der Waals surface area contributed by atoms with Crippen LogP contribution in [0.1, 0.15) is 53.7 Å². The lowest BCUT2D eigenvalue weighted by molar-refractivity contribution is 0.0697. The van der Waals surface area contributed by atoms with Crippen LogP contribution in [0.2, 0.25) is 0 Å². The number of fused-ring (bicyclic) bond motifs is 1. The van der Waals surface area contributed by atoms with Crippen molar-refractivity contribution in [2.24, 2.45) is 0 Å². The third-order valence-corrected chi connectivity index (χ3v) is 6.18. The van der Waals surface area contributed by atoms with Gasteiger partial charge in [0.1, 0.15) is 0 Å². The van der Waals surface area contributed by atoms with Crippen molar-refractivity contribution < 1.29 is 14.6 Å². The number of benzene rings is 2. The van der Waals surface area contributed by atoms with E-state index < -0.39 is 5.97 Å². The molecule has 27 heavy (non-hydrogen) atoms. The highest BCUT2D eigenvalue weighted by Crippen LogP contribution is 2.41. The maximum Gasteiger partial charge on any atom is 0.335 e. The Morgan fingerprint density at radius 2 is 1.89 bits per heavy atom. The molecule has 1 aliphatic heterocycles. The fourth-order valence-corrected chi connectivity index (χ4v) is 4.64. The van der Waals surface area contributed by atoms with Gasteiger partial charge in [0.25, 0.3) is 0 Å². The molecule has 0 amide bonds. The Morgan fingerprint density at radius 3 is 2.59 bits per heavy atom. The normalized spacial score (nSPS) is 19.6. The third kappa shape index (κ3) is 4.82. The Balaban J connectivity index is 1.82. The molecule has 0 spiro atoms. The van der Waals surface area contributed by atoms with E-state index in [4.69, 9.17) is 9.84 Å². The molecule has 1 N–H and O–H groups in total. The smallest absolute Gasteiger partial charge is 0.335 e. The largest absolute Gasteiger partial charge is 0.478 e. The summed E-state index contributed by atoms with van der Waals surface area (Å²) in [5, 5.41) is 8.99. The zero-order valence-electron chi connectivity index (χ0n) is 15.9. The second-order valence-electron chi connectivity index (χ2n) is 7.17. The molecule has 142 valence electrons. The first-order valence-electron chi connectivity index (χ1n) is 9.38. The molecule has 1 atom stereocenters. The van der Waals surface area contributed by atoms with Crippen LogP contribution in [0.25, 0.3) is 12.2 Å². The van der Waals surface area contributed by atoms with E-state index in [0.29, 0.717) is 5.56 Å². The SMILES string of the molecule is CCOCC1(C)CCCSc2cc(/C=C/c3ccc(C(=O)O)cc3)ccc21. The van der Waals surface area contributed by atoms with E-state index in [1.807, 2.05) is 36.9 Å². The van der Waals surface area contributed by atoms with Crippen molar-refractivity contribution >= 4 is 29.9 Å². The number of ether oxygens (including phenoxy) is 1. The minimum absolute atomic E-state index is 0.0732. The molecular weight excluding hydrogens is 356 g/mol. The Kier molecular flexibility index (Phi) is 6.40. The lowest BCUT2D eigenvalue weighted by atomic mass is 9.79. The van der Waals surface area contributed by atoms with Gasteiger partial charge < -0.3 is 9.84 Å². The molecule has 1 aliphatic rings. The molecule has 0 bridgehead atoms. The van der Waals surface area contributed by atoms with Crippen molar-refractivity contribution in [3.63, 3.8) is 0 Å². The predicted molar refractivity (Wildman–Crippen MR) is 113 cm³/mol. The number of aromatic carboxylic acids is 1. The van der Waals surface area contributed by atoms with Crippen LogP contribution < -0.4 is 0 Å². The molecule has 3 nitrogen and oxygen atoms in total. The van der Waals surface area contributed by atoms with Crippen molar-refractivity contribution in [3.8, 4) is 0 Å². The zero-order valence-corrected chi connectivity index (χ0v) is 16.7. The maximum atomic E-state index is 10.9. The number of carboxylic acid groups (broad SMARTS) is 1. The van der Waals surface area contributed by atoms with Crippen LogP contribution in [-0.2, 0) is 10.2 Å². The molecule has 3 rings (SSSR count). The molecule has 0 saturated carbocycles. The van der Waals surface area contributed by atoms with Crippen molar-refractivity contribution in [2.45, 2.75) is 37.0 Å². The van der Waals surface area contributed by atoms with Gasteiger partial charge in [-0.3, -0.25) is 0 Å². The van der Waals surface area contributed by atoms with E-state index in [1.54, 1.807) is 12.1 Å². The van der Waals surface area contributed by atoms with Gasteiger partial charge in [0.2, 0.25) is 0 Å². The van der Waals surface area contributed by atoms with Gasteiger partial charge in [-0.2, -0.15) is 0 Å². The van der Waals surface area contributed by atoms with E-state index in [2.05, 4.69) is 31.2 Å². The van der Waals surface area contributed by atoms with Gasteiger partial charge in [0.15, 0.2) is 0 Å². The van der Waals surface area contributed by atoms with Gasteiger partial charge in [-0.1, -0.05) is 43.3 Å². The van der Waals surface area contributed by atoms with Gasteiger partial charge in [-0.15, -0.1) is 11.8 Å². The highest BCUT2D eigenvalue weighted by Gasteiger charge is 2.31. The van der Waals surface area contributed by atoms with Crippen LogP contribution in [0, 0.1) is 0 Å². The summed E-state index contributed by atoms with van der Waals surface area (Å²) in [6.45, 7) is 5.88. The minimum atomic E-state index is -0.900. The Morgan fingerprint density at radius 1 is 1.19 bits per heavy atom. The molecule has 2 aromatic rings. The number of carbonyl (C=O) groups is 1. The fraction of sp³-hybridized carbons (Fsp3) is 0.348. The summed E-state index contributed by atoms with van der Waals surface area (Å²) >= 11 is 1.93. The van der Waals surface area contributed by atoms with Crippen LogP contribution in [-0.4, -0.2) is 30.0 Å². The summed E-state index contributed by atoms with van der Waals surface area (Å²) in [6, 6.07) is 13.6. The second kappa shape index (κ2) is 8.77. The van der Waals surface area contributed by atoms with Gasteiger partial charge in [0.05, 0.1) is 12.2 Å². The summed E-state index contributed by atoms with van der Waals surface area (Å²) in [5.74, 6) is 0.238. The Labute approximate surface area is 165 Å². The summed E-state index contributed by atoms with van der Waals surface area (Å²) in [5.41, 5.74) is 3.92. The molecule has 0 aromatic heterocycles. The average Bonchev–Trinajstić information content (AvgIpc) is 2.84. The van der Waals surface area contributed by atoms with Gasteiger partial charge in [-0.25, -0.2) is 4.79 Å². The first-order chi connectivity index (χ1) is 13.0.